The molecule has 0 amide bonds. The fraction of sp³-hybridized carbons (Fsp3) is 0.455. The molecule has 15 heavy (non-hydrogen) atoms. The third-order valence-corrected chi connectivity index (χ3v) is 3.23. The van der Waals surface area contributed by atoms with Crippen LogP contribution in [0, 0.1) is 11.7 Å². The molecule has 0 aliphatic rings. The van der Waals surface area contributed by atoms with Crippen LogP contribution in [0.3, 0.4) is 0 Å². The van der Waals surface area contributed by atoms with Gasteiger partial charge in [0.2, 0.25) is 0 Å². The van der Waals surface area contributed by atoms with Crippen molar-refractivity contribution in [2.24, 2.45) is 11.7 Å². The highest BCUT2D eigenvalue weighted by Gasteiger charge is 2.22. The molecule has 0 aliphatic heterocycles. The highest BCUT2D eigenvalue weighted by molar-refractivity contribution is 9.10. The van der Waals surface area contributed by atoms with Crippen molar-refractivity contribution in [2.45, 2.75) is 26.0 Å². The SMILES string of the molecule is CC(C)[C@H](O)[C@H](N)c1cccc(F)c1Br. The van der Waals surface area contributed by atoms with Crippen LogP contribution >= 0.6 is 15.9 Å². The number of hydrogen-bond donors (Lipinski definition) is 2. The minimum atomic E-state index is -0.678. The minimum absolute atomic E-state index is 0.0372. The topological polar surface area (TPSA) is 46.2 Å². The number of nitrogens with two attached hydrogens (primary N) is 1. The number of rotatable bonds is 3. The van der Waals surface area contributed by atoms with E-state index in [1.54, 1.807) is 12.1 Å². The average molecular weight is 276 g/mol. The quantitative estimate of drug-likeness (QED) is 0.891. The molecule has 1 rings (SSSR count). The van der Waals surface area contributed by atoms with Crippen LogP contribution in [0.4, 0.5) is 4.39 Å². The van der Waals surface area contributed by atoms with E-state index >= 15 is 0 Å². The second-order valence-corrected chi connectivity index (χ2v) is 4.70. The van der Waals surface area contributed by atoms with Gasteiger partial charge >= 0.3 is 0 Å². The smallest absolute Gasteiger partial charge is 0.137 e. The summed E-state index contributed by atoms with van der Waals surface area (Å²) in [5, 5.41) is 9.80. The largest absolute Gasteiger partial charge is 0.391 e. The summed E-state index contributed by atoms with van der Waals surface area (Å²) >= 11 is 3.13. The van der Waals surface area contributed by atoms with Crippen molar-refractivity contribution in [2.75, 3.05) is 0 Å². The van der Waals surface area contributed by atoms with Crippen molar-refractivity contribution in [3.8, 4) is 0 Å². The third kappa shape index (κ3) is 2.77. The molecule has 4 heteroatoms. The highest BCUT2D eigenvalue weighted by Crippen LogP contribution is 2.28. The van der Waals surface area contributed by atoms with E-state index in [4.69, 9.17) is 5.73 Å². The van der Waals surface area contributed by atoms with Crippen LogP contribution in [0.5, 0.6) is 0 Å². The molecule has 2 nitrogen and oxygen atoms in total. The first-order valence-corrected chi connectivity index (χ1v) is 5.62. The molecule has 2 atom stereocenters. The van der Waals surface area contributed by atoms with Gasteiger partial charge in [0.05, 0.1) is 16.6 Å². The molecule has 0 radical (unpaired) electrons. The van der Waals surface area contributed by atoms with Crippen LogP contribution < -0.4 is 5.73 Å². The van der Waals surface area contributed by atoms with Gasteiger partial charge in [0.15, 0.2) is 0 Å². The Morgan fingerprint density at radius 3 is 2.53 bits per heavy atom. The molecule has 0 aliphatic carbocycles. The van der Waals surface area contributed by atoms with Crippen LogP contribution in [-0.2, 0) is 0 Å². The molecular weight excluding hydrogens is 261 g/mol. The zero-order chi connectivity index (χ0) is 11.6. The van der Waals surface area contributed by atoms with Crippen molar-refractivity contribution in [3.05, 3.63) is 34.1 Å². The van der Waals surface area contributed by atoms with Gasteiger partial charge in [0.25, 0.3) is 0 Å². The lowest BCUT2D eigenvalue weighted by Crippen LogP contribution is -2.30. The van der Waals surface area contributed by atoms with E-state index in [-0.39, 0.29) is 11.7 Å². The van der Waals surface area contributed by atoms with Gasteiger partial charge in [-0.05, 0) is 33.5 Å². The van der Waals surface area contributed by atoms with Gasteiger partial charge in [-0.1, -0.05) is 26.0 Å². The lowest BCUT2D eigenvalue weighted by Gasteiger charge is -2.23. The Balaban J connectivity index is 3.01. The summed E-state index contributed by atoms with van der Waals surface area (Å²) in [7, 11) is 0. The number of aliphatic hydroxyl groups is 1. The summed E-state index contributed by atoms with van der Waals surface area (Å²) in [5.74, 6) is -0.325. The first-order chi connectivity index (χ1) is 6.95. The summed E-state index contributed by atoms with van der Waals surface area (Å²) in [6.45, 7) is 3.75. The fourth-order valence-corrected chi connectivity index (χ4v) is 1.91. The summed E-state index contributed by atoms with van der Waals surface area (Å²) in [5.41, 5.74) is 6.46. The number of halogens is 2. The van der Waals surface area contributed by atoms with Gasteiger partial charge in [-0.3, -0.25) is 0 Å². The van der Waals surface area contributed by atoms with Gasteiger partial charge in [-0.15, -0.1) is 0 Å². The molecule has 1 aromatic carbocycles. The number of aliphatic hydroxyl groups excluding tert-OH is 1. The van der Waals surface area contributed by atoms with E-state index in [0.717, 1.165) is 0 Å². The minimum Gasteiger partial charge on any atom is -0.391 e. The van der Waals surface area contributed by atoms with Crippen LogP contribution in [0.25, 0.3) is 0 Å². The summed E-state index contributed by atoms with van der Waals surface area (Å²) in [6.07, 6.45) is -0.678. The summed E-state index contributed by atoms with van der Waals surface area (Å²) in [6, 6.07) is 4.07. The van der Waals surface area contributed by atoms with Crippen LogP contribution in [-0.4, -0.2) is 11.2 Å². The van der Waals surface area contributed by atoms with Gasteiger partial charge in [0, 0.05) is 0 Å². The van der Waals surface area contributed by atoms with Crippen molar-refractivity contribution >= 4 is 15.9 Å². The van der Waals surface area contributed by atoms with Crippen molar-refractivity contribution < 1.29 is 9.50 Å². The van der Waals surface area contributed by atoms with E-state index in [0.29, 0.717) is 10.0 Å². The van der Waals surface area contributed by atoms with E-state index < -0.39 is 12.1 Å². The van der Waals surface area contributed by atoms with Gasteiger partial charge in [-0.2, -0.15) is 0 Å². The molecule has 0 unspecified atom stereocenters. The lowest BCUT2D eigenvalue weighted by atomic mass is 9.94. The first kappa shape index (κ1) is 12.6. The monoisotopic (exact) mass is 275 g/mol. The molecule has 3 N–H and O–H groups in total. The third-order valence-electron chi connectivity index (χ3n) is 2.39. The van der Waals surface area contributed by atoms with Crippen molar-refractivity contribution in [1.29, 1.82) is 0 Å². The van der Waals surface area contributed by atoms with Crippen molar-refractivity contribution in [3.63, 3.8) is 0 Å². The van der Waals surface area contributed by atoms with Crippen LogP contribution in [0.15, 0.2) is 22.7 Å². The Hall–Kier alpha value is -0.450. The predicted molar refractivity (Wildman–Crippen MR) is 61.9 cm³/mol. The fourth-order valence-electron chi connectivity index (χ4n) is 1.38. The van der Waals surface area contributed by atoms with Gasteiger partial charge in [-0.25, -0.2) is 4.39 Å². The molecule has 0 aromatic heterocycles. The Labute approximate surface area is 97.4 Å². The first-order valence-electron chi connectivity index (χ1n) is 4.82. The zero-order valence-corrected chi connectivity index (χ0v) is 10.3. The highest BCUT2D eigenvalue weighted by atomic mass is 79.9. The maximum absolute atomic E-state index is 13.2. The maximum Gasteiger partial charge on any atom is 0.137 e. The van der Waals surface area contributed by atoms with Crippen molar-refractivity contribution in [1.82, 2.24) is 0 Å². The zero-order valence-electron chi connectivity index (χ0n) is 8.74. The average Bonchev–Trinajstić information content (AvgIpc) is 2.20. The molecule has 0 bridgehead atoms. The molecule has 0 spiro atoms. The second-order valence-electron chi connectivity index (χ2n) is 3.90. The molecule has 0 saturated carbocycles. The van der Waals surface area contributed by atoms with Gasteiger partial charge < -0.3 is 10.8 Å². The Morgan fingerprint density at radius 2 is 2.00 bits per heavy atom. The molecule has 0 saturated heterocycles. The van der Waals surface area contributed by atoms with E-state index in [2.05, 4.69) is 15.9 Å². The molecular formula is C11H15BrFNO. The predicted octanol–water partition coefficient (Wildman–Crippen LogP) is 2.60. The Morgan fingerprint density at radius 1 is 1.40 bits per heavy atom. The maximum atomic E-state index is 13.2. The molecule has 84 valence electrons. The van der Waals surface area contributed by atoms with E-state index in [1.165, 1.54) is 6.07 Å². The molecule has 1 aromatic rings. The standard InChI is InChI=1S/C11H15BrFNO/c1-6(2)11(15)10(14)7-4-3-5-8(13)9(7)12/h3-6,10-11,15H,14H2,1-2H3/t10-,11+/m1/s1. The summed E-state index contributed by atoms with van der Waals surface area (Å²) in [4.78, 5) is 0. The number of benzene rings is 1. The number of hydrogen-bond acceptors (Lipinski definition) is 2. The summed E-state index contributed by atoms with van der Waals surface area (Å²) < 4.78 is 13.6. The van der Waals surface area contributed by atoms with E-state index in [9.17, 15) is 9.50 Å². The Kier molecular flexibility index (Phi) is 4.25. The lowest BCUT2D eigenvalue weighted by molar-refractivity contribution is 0.0976. The van der Waals surface area contributed by atoms with Gasteiger partial charge in [0.1, 0.15) is 5.82 Å². The van der Waals surface area contributed by atoms with Crippen LogP contribution in [0.2, 0.25) is 0 Å². The second kappa shape index (κ2) is 5.05. The molecule has 0 heterocycles. The Bertz CT molecular complexity index is 343. The van der Waals surface area contributed by atoms with E-state index in [1.807, 2.05) is 13.8 Å². The van der Waals surface area contributed by atoms with Crippen LogP contribution in [0.1, 0.15) is 25.5 Å². The normalized spacial score (nSPS) is 15.4. The molecule has 0 fully saturated rings.